The topological polar surface area (TPSA) is 18.5 Å². The van der Waals surface area contributed by atoms with Crippen LogP contribution in [0.15, 0.2) is 60.0 Å². The molecule has 2 atom stereocenters. The Labute approximate surface area is 238 Å². The van der Waals surface area contributed by atoms with Crippen LogP contribution in [0.2, 0.25) is 36.3 Å². The molecule has 0 aromatic heterocycles. The minimum absolute atomic E-state index is 0.179. The van der Waals surface area contributed by atoms with Gasteiger partial charge in [-0.1, -0.05) is 0 Å². The van der Waals surface area contributed by atoms with E-state index in [0.29, 0.717) is 7.25 Å². The Hall–Kier alpha value is -1.16. The summed E-state index contributed by atoms with van der Waals surface area (Å²) >= 11 is -1.11. The van der Waals surface area contributed by atoms with Gasteiger partial charge >= 0.3 is 240 Å². The van der Waals surface area contributed by atoms with Gasteiger partial charge in [0.25, 0.3) is 0 Å². The number of rotatable bonds is 4. The van der Waals surface area contributed by atoms with Crippen molar-refractivity contribution in [3.8, 4) is 0 Å². The van der Waals surface area contributed by atoms with E-state index < -0.39 is 39.9 Å². The average molecular weight is 608 g/mol. The van der Waals surface area contributed by atoms with Gasteiger partial charge in [0.2, 0.25) is 0 Å². The molecule has 2 aromatic carbocycles. The molecule has 2 aromatic rings. The monoisotopic (exact) mass is 606 g/mol. The molecule has 2 aliphatic carbocycles. The Morgan fingerprint density at radius 1 is 0.622 bits per heavy atom. The van der Waals surface area contributed by atoms with E-state index in [-0.39, 0.29) is 10.1 Å². The van der Waals surface area contributed by atoms with Crippen LogP contribution in [0, 0.1) is 0 Å². The number of allylic oxidation sites excluding steroid dienone is 4. The molecule has 1 heterocycles. The van der Waals surface area contributed by atoms with E-state index >= 15 is 0 Å². The van der Waals surface area contributed by atoms with Crippen LogP contribution in [0.25, 0.3) is 11.1 Å². The Balaban J connectivity index is 1.64. The van der Waals surface area contributed by atoms with Crippen LogP contribution < -0.4 is 0 Å². The van der Waals surface area contributed by atoms with Crippen molar-refractivity contribution in [1.29, 1.82) is 0 Å². The van der Waals surface area contributed by atoms with E-state index in [9.17, 15) is 0 Å². The Morgan fingerprint density at radius 3 is 1.32 bits per heavy atom. The normalized spacial score (nSPS) is 21.6. The summed E-state index contributed by atoms with van der Waals surface area (Å²) in [5.41, 5.74) is 8.93. The molecular formula is C32H44O2Si2Zr. The summed E-state index contributed by atoms with van der Waals surface area (Å²) in [6.07, 6.45) is 2.05. The molecule has 37 heavy (non-hydrogen) atoms. The van der Waals surface area contributed by atoms with E-state index in [0.717, 1.165) is 12.8 Å². The van der Waals surface area contributed by atoms with Crippen LogP contribution in [0.5, 0.6) is 0 Å². The third kappa shape index (κ3) is 4.65. The SMILES string of the molecule is CC(C)(C)[Si](C)(C)OC1=C2CCC3=C(O[Si](C)(C)C(C)(C)C)[CH]([Zr][CH]1c1ccccc12)c1ccccc13. The fraction of sp³-hybridized carbons (Fsp3) is 0.500. The third-order valence-corrected chi connectivity index (χ3v) is 22.8. The molecule has 3 aliphatic rings. The molecule has 0 radical (unpaired) electrons. The van der Waals surface area contributed by atoms with E-state index in [1.54, 1.807) is 0 Å². The first-order valence-corrected chi connectivity index (χ1v) is 22.6. The van der Waals surface area contributed by atoms with Crippen molar-refractivity contribution in [1.82, 2.24) is 0 Å². The minimum atomic E-state index is -1.97. The first-order valence-electron chi connectivity index (χ1n) is 13.9. The van der Waals surface area contributed by atoms with Crippen LogP contribution in [0.3, 0.4) is 0 Å². The van der Waals surface area contributed by atoms with Gasteiger partial charge in [0.15, 0.2) is 0 Å². The molecule has 0 saturated heterocycles. The first kappa shape index (κ1) is 27.4. The van der Waals surface area contributed by atoms with Gasteiger partial charge in [-0.15, -0.1) is 0 Å². The maximum absolute atomic E-state index is 7.30. The first-order chi connectivity index (χ1) is 17.1. The molecule has 0 fully saturated rings. The Kier molecular flexibility index (Phi) is 6.82. The van der Waals surface area contributed by atoms with Crippen LogP contribution in [0.1, 0.15) is 83.9 Å². The van der Waals surface area contributed by atoms with Gasteiger partial charge in [-0.05, 0) is 0 Å². The number of benzene rings is 2. The zero-order valence-corrected chi connectivity index (χ0v) is 29.0. The van der Waals surface area contributed by atoms with E-state index in [4.69, 9.17) is 8.85 Å². The predicted octanol–water partition coefficient (Wildman–Crippen LogP) is 9.84. The van der Waals surface area contributed by atoms with E-state index in [1.807, 2.05) is 0 Å². The average Bonchev–Trinajstić information content (AvgIpc) is 3.24. The van der Waals surface area contributed by atoms with Crippen molar-refractivity contribution in [2.75, 3.05) is 0 Å². The molecule has 196 valence electrons. The quantitative estimate of drug-likeness (QED) is 0.322. The van der Waals surface area contributed by atoms with Gasteiger partial charge in [-0.25, -0.2) is 0 Å². The number of hydrogen-bond donors (Lipinski definition) is 0. The fourth-order valence-corrected chi connectivity index (χ4v) is 12.9. The molecule has 4 bridgehead atoms. The molecule has 2 nitrogen and oxygen atoms in total. The van der Waals surface area contributed by atoms with Gasteiger partial charge in [-0.3, -0.25) is 0 Å². The van der Waals surface area contributed by atoms with Crippen LogP contribution in [-0.4, -0.2) is 16.6 Å². The molecule has 2 unspecified atom stereocenters. The predicted molar refractivity (Wildman–Crippen MR) is 158 cm³/mol. The number of hydrogen-bond acceptors (Lipinski definition) is 2. The van der Waals surface area contributed by atoms with Gasteiger partial charge in [-0.2, -0.15) is 0 Å². The molecule has 0 saturated carbocycles. The fourth-order valence-electron chi connectivity index (χ4n) is 5.30. The Bertz CT molecular complexity index is 1190. The second-order valence-corrected chi connectivity index (χ2v) is 27.2. The molecule has 0 amide bonds. The van der Waals surface area contributed by atoms with E-state index in [1.165, 1.54) is 44.9 Å². The van der Waals surface area contributed by atoms with Crippen LogP contribution >= 0.6 is 0 Å². The molecule has 0 N–H and O–H groups in total. The summed E-state index contributed by atoms with van der Waals surface area (Å²) in [6, 6.07) is 18.4. The summed E-state index contributed by atoms with van der Waals surface area (Å²) < 4.78 is 15.5. The molecule has 5 rings (SSSR count). The Morgan fingerprint density at radius 2 is 0.973 bits per heavy atom. The standard InChI is InChI=1S/C32H44O2Si2.Zr/c1-31(2,3)35(7,8)33-29-21-23-15-11-13-17-25(23)27(29)19-20-28-26-18-14-12-16-24(26)22-30(28)34-36(9,10)32(4,5)6;/h11-18,21-22H,19-20H2,1-10H3;. The summed E-state index contributed by atoms with van der Waals surface area (Å²) in [5, 5.41) is 0.359. The van der Waals surface area contributed by atoms with Gasteiger partial charge in [0.1, 0.15) is 0 Å². The van der Waals surface area contributed by atoms with Crippen molar-refractivity contribution in [2.45, 2.75) is 97.9 Å². The van der Waals surface area contributed by atoms with Crippen molar-refractivity contribution < 1.29 is 32.1 Å². The molecule has 0 spiro atoms. The zero-order chi connectivity index (χ0) is 27.0. The van der Waals surface area contributed by atoms with Crippen molar-refractivity contribution in [2.24, 2.45) is 0 Å². The zero-order valence-electron chi connectivity index (χ0n) is 24.5. The van der Waals surface area contributed by atoms with Crippen molar-refractivity contribution >= 4 is 27.8 Å². The summed E-state index contributed by atoms with van der Waals surface area (Å²) in [4.78, 5) is 0. The summed E-state index contributed by atoms with van der Waals surface area (Å²) in [6.45, 7) is 23.8. The molecular weight excluding hydrogens is 564 g/mol. The van der Waals surface area contributed by atoms with Gasteiger partial charge < -0.3 is 0 Å². The second kappa shape index (κ2) is 9.20. The van der Waals surface area contributed by atoms with Crippen molar-refractivity contribution in [3.63, 3.8) is 0 Å². The second-order valence-electron chi connectivity index (χ2n) is 14.1. The van der Waals surface area contributed by atoms with Crippen molar-refractivity contribution in [3.05, 3.63) is 82.3 Å². The third-order valence-electron chi connectivity index (χ3n) is 9.61. The summed E-state index contributed by atoms with van der Waals surface area (Å²) in [5.74, 6) is 2.69. The van der Waals surface area contributed by atoms with Crippen LogP contribution in [-0.2, 0) is 32.1 Å². The van der Waals surface area contributed by atoms with Gasteiger partial charge in [0, 0.05) is 0 Å². The van der Waals surface area contributed by atoms with Gasteiger partial charge in [0.05, 0.1) is 0 Å². The van der Waals surface area contributed by atoms with Crippen LogP contribution in [0.4, 0.5) is 0 Å². The maximum atomic E-state index is 7.30. The summed E-state index contributed by atoms with van der Waals surface area (Å²) in [7, 11) is -3.94. The molecule has 5 heteroatoms. The number of fused-ring (bicyclic) bond motifs is 8. The molecule has 1 aliphatic heterocycles. The van der Waals surface area contributed by atoms with E-state index in [2.05, 4.69) is 116 Å².